The lowest BCUT2D eigenvalue weighted by Crippen LogP contribution is -2.39. The first-order valence-electron chi connectivity index (χ1n) is 6.74. The molecule has 3 unspecified atom stereocenters. The van der Waals surface area contributed by atoms with Gasteiger partial charge >= 0.3 is 5.97 Å². The van der Waals surface area contributed by atoms with Crippen molar-refractivity contribution >= 4 is 21.9 Å². The third-order valence-electron chi connectivity index (χ3n) is 3.49. The van der Waals surface area contributed by atoms with Gasteiger partial charge in [-0.05, 0) is 18.8 Å². The van der Waals surface area contributed by atoms with Crippen molar-refractivity contribution in [2.24, 2.45) is 17.8 Å². The van der Waals surface area contributed by atoms with Crippen molar-refractivity contribution in [3.05, 3.63) is 0 Å². The van der Waals surface area contributed by atoms with E-state index in [1.165, 1.54) is 0 Å². The fraction of sp³-hybridized carbons (Fsp3) is 0.833. The van der Waals surface area contributed by atoms with E-state index < -0.39 is 27.8 Å². The van der Waals surface area contributed by atoms with Crippen LogP contribution in [-0.4, -0.2) is 44.2 Å². The molecule has 1 rings (SSSR count). The van der Waals surface area contributed by atoms with Gasteiger partial charge in [0.1, 0.15) is 0 Å². The minimum atomic E-state index is -3.37. The van der Waals surface area contributed by atoms with Gasteiger partial charge in [0.25, 0.3) is 0 Å². The number of aliphatic carboxylic acids is 1. The van der Waals surface area contributed by atoms with Crippen LogP contribution in [0.4, 0.5) is 0 Å². The Kier molecular flexibility index (Phi) is 5.94. The van der Waals surface area contributed by atoms with Gasteiger partial charge in [-0.3, -0.25) is 9.59 Å². The van der Waals surface area contributed by atoms with E-state index in [1.54, 1.807) is 6.92 Å². The van der Waals surface area contributed by atoms with E-state index in [0.717, 1.165) is 0 Å². The molecule has 7 nitrogen and oxygen atoms in total. The first kappa shape index (κ1) is 16.9. The van der Waals surface area contributed by atoms with Crippen LogP contribution in [0.5, 0.6) is 0 Å². The lowest BCUT2D eigenvalue weighted by atomic mass is 9.95. The molecule has 0 radical (unpaired) electrons. The Bertz CT molecular complexity index is 462. The van der Waals surface area contributed by atoms with Crippen molar-refractivity contribution in [3.63, 3.8) is 0 Å². The van der Waals surface area contributed by atoms with Gasteiger partial charge < -0.3 is 10.4 Å². The van der Waals surface area contributed by atoms with Gasteiger partial charge in [0.15, 0.2) is 0 Å². The zero-order valence-electron chi connectivity index (χ0n) is 11.8. The van der Waals surface area contributed by atoms with Crippen LogP contribution in [0.1, 0.15) is 26.7 Å². The molecule has 0 aromatic heterocycles. The highest BCUT2D eigenvalue weighted by Gasteiger charge is 2.41. The quantitative estimate of drug-likeness (QED) is 0.602. The molecule has 0 saturated heterocycles. The van der Waals surface area contributed by atoms with E-state index in [0.29, 0.717) is 19.4 Å². The molecule has 116 valence electrons. The summed E-state index contributed by atoms with van der Waals surface area (Å²) in [5.74, 6) is -2.58. The predicted octanol–water partition coefficient (Wildman–Crippen LogP) is -0.211. The van der Waals surface area contributed by atoms with Gasteiger partial charge in [-0.25, -0.2) is 13.1 Å². The fourth-order valence-corrected chi connectivity index (χ4v) is 3.54. The van der Waals surface area contributed by atoms with E-state index >= 15 is 0 Å². The molecule has 0 aromatic carbocycles. The number of hydrogen-bond donors (Lipinski definition) is 3. The number of carboxylic acids is 1. The summed E-state index contributed by atoms with van der Waals surface area (Å²) in [6.07, 6.45) is 1.02. The number of sulfonamides is 1. The number of rotatable bonds is 7. The molecule has 3 N–H and O–H groups in total. The van der Waals surface area contributed by atoms with E-state index in [2.05, 4.69) is 10.0 Å². The molecule has 1 fully saturated rings. The number of hydrogen-bond acceptors (Lipinski definition) is 4. The lowest BCUT2D eigenvalue weighted by molar-refractivity contribution is -0.146. The summed E-state index contributed by atoms with van der Waals surface area (Å²) in [5, 5.41) is 11.6. The molecule has 1 aliphatic carbocycles. The van der Waals surface area contributed by atoms with Gasteiger partial charge in [-0.15, -0.1) is 0 Å². The van der Waals surface area contributed by atoms with Crippen LogP contribution in [0.3, 0.4) is 0 Å². The Morgan fingerprint density at radius 3 is 2.40 bits per heavy atom. The Labute approximate surface area is 119 Å². The monoisotopic (exact) mass is 306 g/mol. The first-order valence-corrected chi connectivity index (χ1v) is 8.40. The van der Waals surface area contributed by atoms with Crippen LogP contribution in [0.25, 0.3) is 0 Å². The number of amides is 1. The van der Waals surface area contributed by atoms with Gasteiger partial charge in [-0.2, -0.15) is 0 Å². The first-order chi connectivity index (χ1) is 9.26. The topological polar surface area (TPSA) is 113 Å². The Morgan fingerprint density at radius 2 is 1.85 bits per heavy atom. The van der Waals surface area contributed by atoms with Crippen LogP contribution < -0.4 is 10.0 Å². The zero-order chi connectivity index (χ0) is 15.3. The molecule has 1 aliphatic rings. The third kappa shape index (κ3) is 4.75. The van der Waals surface area contributed by atoms with Crippen molar-refractivity contribution in [2.45, 2.75) is 26.7 Å². The largest absolute Gasteiger partial charge is 0.481 e. The average molecular weight is 306 g/mol. The van der Waals surface area contributed by atoms with E-state index in [1.807, 2.05) is 6.92 Å². The second-order valence-corrected chi connectivity index (χ2v) is 7.16. The smallest absolute Gasteiger partial charge is 0.307 e. The van der Waals surface area contributed by atoms with Crippen molar-refractivity contribution < 1.29 is 23.1 Å². The standard InChI is InChI=1S/C12H22N2O5S/c1-3-14-20(18,19)5-4-13-11(15)9-6-8(2)7-10(9)12(16)17/h8-10,14H,3-7H2,1-2H3,(H,13,15)(H,16,17). The lowest BCUT2D eigenvalue weighted by Gasteiger charge is -2.15. The minimum absolute atomic E-state index is 0.00854. The fourth-order valence-electron chi connectivity index (χ4n) is 2.59. The predicted molar refractivity (Wildman–Crippen MR) is 73.5 cm³/mol. The molecule has 0 heterocycles. The summed E-state index contributed by atoms with van der Waals surface area (Å²) in [6.45, 7) is 3.88. The molecule has 0 aliphatic heterocycles. The molecule has 8 heteroatoms. The maximum absolute atomic E-state index is 12.0. The van der Waals surface area contributed by atoms with Crippen molar-refractivity contribution in [1.82, 2.24) is 10.0 Å². The maximum Gasteiger partial charge on any atom is 0.307 e. The SMILES string of the molecule is CCNS(=O)(=O)CCNC(=O)C1CC(C)CC1C(=O)O. The Hall–Kier alpha value is -1.15. The summed E-state index contributed by atoms with van der Waals surface area (Å²) in [7, 11) is -3.37. The number of nitrogens with one attached hydrogen (secondary N) is 2. The van der Waals surface area contributed by atoms with Gasteiger partial charge in [-0.1, -0.05) is 13.8 Å². The minimum Gasteiger partial charge on any atom is -0.481 e. The zero-order valence-corrected chi connectivity index (χ0v) is 12.6. The van der Waals surface area contributed by atoms with Gasteiger partial charge in [0, 0.05) is 13.1 Å². The normalized spacial score (nSPS) is 26.4. The number of carboxylic acid groups (broad SMARTS) is 1. The second kappa shape index (κ2) is 7.03. The van der Waals surface area contributed by atoms with Crippen molar-refractivity contribution in [2.75, 3.05) is 18.8 Å². The molecule has 3 atom stereocenters. The average Bonchev–Trinajstić information content (AvgIpc) is 2.71. The number of carbonyl (C=O) groups is 2. The molecule has 0 aromatic rings. The molecule has 0 spiro atoms. The highest BCUT2D eigenvalue weighted by atomic mass is 32.2. The molecule has 20 heavy (non-hydrogen) atoms. The summed E-state index contributed by atoms with van der Waals surface area (Å²) in [6, 6.07) is 0. The number of carbonyl (C=O) groups excluding carboxylic acids is 1. The molecular formula is C12H22N2O5S. The summed E-state index contributed by atoms with van der Waals surface area (Å²) in [4.78, 5) is 23.1. The molecular weight excluding hydrogens is 284 g/mol. The maximum atomic E-state index is 12.0. The van der Waals surface area contributed by atoms with Crippen LogP contribution >= 0.6 is 0 Å². The molecule has 1 amide bonds. The second-order valence-electron chi connectivity index (χ2n) is 5.24. The molecule has 1 saturated carbocycles. The van der Waals surface area contributed by atoms with Crippen LogP contribution in [0, 0.1) is 17.8 Å². The Morgan fingerprint density at radius 1 is 1.25 bits per heavy atom. The highest BCUT2D eigenvalue weighted by molar-refractivity contribution is 7.89. The summed E-state index contributed by atoms with van der Waals surface area (Å²) in [5.41, 5.74) is 0. The van der Waals surface area contributed by atoms with Crippen LogP contribution in [-0.2, 0) is 19.6 Å². The summed E-state index contributed by atoms with van der Waals surface area (Å²) >= 11 is 0. The van der Waals surface area contributed by atoms with E-state index in [4.69, 9.17) is 5.11 Å². The van der Waals surface area contributed by atoms with Crippen LogP contribution in [0.15, 0.2) is 0 Å². The van der Waals surface area contributed by atoms with Gasteiger partial charge in [0.05, 0.1) is 17.6 Å². The summed E-state index contributed by atoms with van der Waals surface area (Å²) < 4.78 is 25.1. The van der Waals surface area contributed by atoms with Gasteiger partial charge in [0.2, 0.25) is 15.9 Å². The Balaban J connectivity index is 2.48. The van der Waals surface area contributed by atoms with E-state index in [9.17, 15) is 18.0 Å². The van der Waals surface area contributed by atoms with Crippen molar-refractivity contribution in [1.29, 1.82) is 0 Å². The highest BCUT2D eigenvalue weighted by Crippen LogP contribution is 2.36. The van der Waals surface area contributed by atoms with E-state index in [-0.39, 0.29) is 24.1 Å². The third-order valence-corrected chi connectivity index (χ3v) is 4.96. The van der Waals surface area contributed by atoms with Crippen LogP contribution in [0.2, 0.25) is 0 Å². The van der Waals surface area contributed by atoms with Crippen molar-refractivity contribution in [3.8, 4) is 0 Å². The molecule has 0 bridgehead atoms.